The van der Waals surface area contributed by atoms with Crippen molar-refractivity contribution in [3.05, 3.63) is 28.8 Å². The maximum absolute atomic E-state index is 10.3. The highest BCUT2D eigenvalue weighted by Gasteiger charge is 2.27. The Hall–Kier alpha value is -1.02. The van der Waals surface area contributed by atoms with E-state index in [4.69, 9.17) is 0 Å². The number of phenolic OH excluding ortho intramolecular Hbond substituents is 1. The maximum Gasteiger partial charge on any atom is 0.125 e. The van der Waals surface area contributed by atoms with Crippen molar-refractivity contribution < 1.29 is 10.2 Å². The van der Waals surface area contributed by atoms with Crippen LogP contribution < -0.4 is 0 Å². The fourth-order valence-electron chi connectivity index (χ4n) is 2.07. The zero-order chi connectivity index (χ0) is 12.7. The monoisotopic (exact) mass is 222 g/mol. The van der Waals surface area contributed by atoms with Crippen LogP contribution in [0.3, 0.4) is 0 Å². The Kier molecular flexibility index (Phi) is 3.08. The predicted octanol–water partition coefficient (Wildman–Crippen LogP) is 3.23. The minimum atomic E-state index is -1.02. The molecule has 0 radical (unpaired) electrons. The third kappa shape index (κ3) is 2.38. The van der Waals surface area contributed by atoms with Gasteiger partial charge in [0.15, 0.2) is 0 Å². The number of hydrogen-bond acceptors (Lipinski definition) is 2. The lowest BCUT2D eigenvalue weighted by molar-refractivity contribution is 0.0748. The van der Waals surface area contributed by atoms with E-state index in [9.17, 15) is 10.2 Å². The fraction of sp³-hybridized carbons (Fsp3) is 0.571. The molecule has 0 atom stereocenters. The van der Waals surface area contributed by atoms with Gasteiger partial charge in [-0.05, 0) is 37.3 Å². The van der Waals surface area contributed by atoms with Gasteiger partial charge in [-0.25, -0.2) is 0 Å². The molecule has 90 valence electrons. The highest BCUT2D eigenvalue weighted by Crippen LogP contribution is 2.39. The van der Waals surface area contributed by atoms with E-state index in [1.165, 1.54) is 0 Å². The highest BCUT2D eigenvalue weighted by molar-refractivity contribution is 5.50. The summed E-state index contributed by atoms with van der Waals surface area (Å²) in [6.07, 6.45) is 0. The molecule has 0 bridgehead atoms. The van der Waals surface area contributed by atoms with E-state index in [1.54, 1.807) is 13.8 Å². The van der Waals surface area contributed by atoms with Crippen LogP contribution in [0, 0.1) is 6.92 Å². The molecule has 0 aliphatic carbocycles. The molecule has 0 saturated heterocycles. The molecule has 0 spiro atoms. The van der Waals surface area contributed by atoms with Crippen LogP contribution in [0.5, 0.6) is 5.75 Å². The Bertz CT molecular complexity index is 392. The van der Waals surface area contributed by atoms with Crippen LogP contribution >= 0.6 is 0 Å². The predicted molar refractivity (Wildman–Crippen MR) is 66.8 cm³/mol. The molecular formula is C14H22O2. The third-order valence-electron chi connectivity index (χ3n) is 2.81. The second-order valence-corrected chi connectivity index (χ2v) is 5.96. The van der Waals surface area contributed by atoms with Crippen LogP contribution in [0.15, 0.2) is 12.1 Å². The first kappa shape index (κ1) is 13.0. The summed E-state index contributed by atoms with van der Waals surface area (Å²) < 4.78 is 0. The lowest BCUT2D eigenvalue weighted by Gasteiger charge is -2.27. The maximum atomic E-state index is 10.3. The van der Waals surface area contributed by atoms with Gasteiger partial charge in [-0.3, -0.25) is 0 Å². The summed E-state index contributed by atoms with van der Waals surface area (Å²) in [5.74, 6) is 0.222. The first-order valence-corrected chi connectivity index (χ1v) is 5.61. The topological polar surface area (TPSA) is 40.5 Å². The molecule has 0 heterocycles. The normalized spacial score (nSPS) is 12.9. The summed E-state index contributed by atoms with van der Waals surface area (Å²) in [5.41, 5.74) is 1.26. The SMILES string of the molecule is Cc1ccc(C(C)(C)C)c(O)c1C(C)(C)O. The molecule has 1 aromatic rings. The van der Waals surface area contributed by atoms with Crippen LogP contribution in [0.2, 0.25) is 0 Å². The van der Waals surface area contributed by atoms with E-state index in [0.29, 0.717) is 5.56 Å². The van der Waals surface area contributed by atoms with Gasteiger partial charge in [0.05, 0.1) is 5.60 Å². The number of rotatable bonds is 1. The molecule has 2 nitrogen and oxygen atoms in total. The molecule has 2 heteroatoms. The number of phenols is 1. The van der Waals surface area contributed by atoms with Crippen molar-refractivity contribution in [2.45, 2.75) is 52.6 Å². The molecule has 0 saturated carbocycles. The fourth-order valence-corrected chi connectivity index (χ4v) is 2.07. The lowest BCUT2D eigenvalue weighted by Crippen LogP contribution is -2.20. The number of aryl methyl sites for hydroxylation is 1. The molecule has 0 fully saturated rings. The number of aliphatic hydroxyl groups is 1. The molecule has 1 rings (SSSR count). The van der Waals surface area contributed by atoms with Crippen LogP contribution in [-0.2, 0) is 11.0 Å². The van der Waals surface area contributed by atoms with Gasteiger partial charge < -0.3 is 10.2 Å². The highest BCUT2D eigenvalue weighted by atomic mass is 16.3. The van der Waals surface area contributed by atoms with E-state index in [2.05, 4.69) is 0 Å². The molecule has 1 aromatic carbocycles. The van der Waals surface area contributed by atoms with Gasteiger partial charge in [0.25, 0.3) is 0 Å². The number of aromatic hydroxyl groups is 1. The zero-order valence-electron chi connectivity index (χ0n) is 11.0. The van der Waals surface area contributed by atoms with E-state index in [0.717, 1.165) is 11.1 Å². The summed E-state index contributed by atoms with van der Waals surface area (Å²) in [6, 6.07) is 3.88. The first-order chi connectivity index (χ1) is 7.05. The number of hydrogen-bond donors (Lipinski definition) is 2. The second-order valence-electron chi connectivity index (χ2n) is 5.96. The molecular weight excluding hydrogens is 200 g/mol. The molecule has 16 heavy (non-hydrogen) atoms. The average molecular weight is 222 g/mol. The van der Waals surface area contributed by atoms with Crippen molar-refractivity contribution in [3.63, 3.8) is 0 Å². The van der Waals surface area contributed by atoms with Crippen LogP contribution in [0.25, 0.3) is 0 Å². The van der Waals surface area contributed by atoms with Gasteiger partial charge >= 0.3 is 0 Å². The standard InChI is InChI=1S/C14H22O2/c1-9-7-8-10(13(2,3)4)12(15)11(9)14(5,6)16/h7-8,15-16H,1-6H3. The van der Waals surface area contributed by atoms with E-state index in [1.807, 2.05) is 39.8 Å². The minimum absolute atomic E-state index is 0.127. The first-order valence-electron chi connectivity index (χ1n) is 5.61. The van der Waals surface area contributed by atoms with Crippen LogP contribution in [0.4, 0.5) is 0 Å². The van der Waals surface area contributed by atoms with E-state index in [-0.39, 0.29) is 11.2 Å². The Morgan fingerprint density at radius 3 is 1.88 bits per heavy atom. The molecule has 0 aromatic heterocycles. The molecule has 0 unspecified atom stereocenters. The summed E-state index contributed by atoms with van der Waals surface area (Å²) in [7, 11) is 0. The van der Waals surface area contributed by atoms with Crippen molar-refractivity contribution in [2.24, 2.45) is 0 Å². The van der Waals surface area contributed by atoms with Crippen molar-refractivity contribution >= 4 is 0 Å². The molecule has 0 aliphatic heterocycles. The Labute approximate surface area is 97.9 Å². The van der Waals surface area contributed by atoms with Crippen molar-refractivity contribution in [3.8, 4) is 5.75 Å². The Morgan fingerprint density at radius 1 is 1.00 bits per heavy atom. The Balaban J connectivity index is 3.52. The quantitative estimate of drug-likeness (QED) is 0.766. The Morgan fingerprint density at radius 2 is 1.50 bits per heavy atom. The van der Waals surface area contributed by atoms with Crippen molar-refractivity contribution in [1.82, 2.24) is 0 Å². The van der Waals surface area contributed by atoms with Crippen molar-refractivity contribution in [1.29, 1.82) is 0 Å². The van der Waals surface area contributed by atoms with Crippen molar-refractivity contribution in [2.75, 3.05) is 0 Å². The molecule has 0 aliphatic rings. The lowest BCUT2D eigenvalue weighted by atomic mass is 9.81. The summed E-state index contributed by atoms with van der Waals surface area (Å²) in [5, 5.41) is 20.4. The summed E-state index contributed by atoms with van der Waals surface area (Å²) >= 11 is 0. The average Bonchev–Trinajstić information content (AvgIpc) is 1.97. The zero-order valence-corrected chi connectivity index (χ0v) is 11.0. The molecule has 2 N–H and O–H groups in total. The van der Waals surface area contributed by atoms with Gasteiger partial charge in [-0.15, -0.1) is 0 Å². The van der Waals surface area contributed by atoms with Gasteiger partial charge in [0.2, 0.25) is 0 Å². The smallest absolute Gasteiger partial charge is 0.125 e. The second kappa shape index (κ2) is 3.77. The van der Waals surface area contributed by atoms with Gasteiger partial charge in [0.1, 0.15) is 5.75 Å². The van der Waals surface area contributed by atoms with E-state index < -0.39 is 5.60 Å². The van der Waals surface area contributed by atoms with Gasteiger partial charge in [-0.1, -0.05) is 32.9 Å². The number of benzene rings is 1. The van der Waals surface area contributed by atoms with Crippen LogP contribution in [-0.4, -0.2) is 10.2 Å². The van der Waals surface area contributed by atoms with Crippen LogP contribution in [0.1, 0.15) is 51.3 Å². The molecule has 0 amide bonds. The van der Waals surface area contributed by atoms with E-state index >= 15 is 0 Å². The summed E-state index contributed by atoms with van der Waals surface area (Å²) in [4.78, 5) is 0. The van der Waals surface area contributed by atoms with Gasteiger partial charge in [0, 0.05) is 5.56 Å². The third-order valence-corrected chi connectivity index (χ3v) is 2.81. The largest absolute Gasteiger partial charge is 0.507 e. The van der Waals surface area contributed by atoms with Gasteiger partial charge in [-0.2, -0.15) is 0 Å². The summed E-state index contributed by atoms with van der Waals surface area (Å²) in [6.45, 7) is 11.4. The minimum Gasteiger partial charge on any atom is -0.507 e.